The lowest BCUT2D eigenvalue weighted by Crippen LogP contribution is -2.41. The highest BCUT2D eigenvalue weighted by atomic mass is 19.2. The summed E-state index contributed by atoms with van der Waals surface area (Å²) in [7, 11) is 0. The molecule has 0 saturated heterocycles. The van der Waals surface area contributed by atoms with E-state index in [2.05, 4.69) is 25.9 Å². The van der Waals surface area contributed by atoms with Crippen LogP contribution in [0.3, 0.4) is 0 Å². The quantitative estimate of drug-likeness (QED) is 0.371. The molecule has 2 fully saturated rings. The van der Waals surface area contributed by atoms with Crippen molar-refractivity contribution in [3.05, 3.63) is 72.1 Å². The number of H-pyrrole nitrogens is 1. The number of benzene rings is 2. The first kappa shape index (κ1) is 23.0. The third kappa shape index (κ3) is 5.02. The van der Waals surface area contributed by atoms with E-state index >= 15 is 0 Å². The molecule has 2 saturated carbocycles. The van der Waals surface area contributed by atoms with Crippen molar-refractivity contribution >= 4 is 17.6 Å². The number of imidazole rings is 1. The van der Waals surface area contributed by atoms with Gasteiger partial charge in [-0.05, 0) is 31.4 Å². The van der Waals surface area contributed by atoms with Gasteiger partial charge in [-0.1, -0.05) is 30.3 Å². The molecule has 0 spiro atoms. The van der Waals surface area contributed by atoms with E-state index in [1.54, 1.807) is 6.20 Å². The smallest absolute Gasteiger partial charge is 0.319 e. The molecule has 8 nitrogen and oxygen atoms in total. The van der Waals surface area contributed by atoms with Gasteiger partial charge in [-0.2, -0.15) is 0 Å². The Labute approximate surface area is 200 Å². The molecule has 0 unspecified atom stereocenters. The monoisotopic (exact) mass is 481 g/mol. The topological polar surface area (TPSA) is 119 Å². The number of rotatable bonds is 6. The van der Waals surface area contributed by atoms with Crippen molar-refractivity contribution in [2.75, 3.05) is 5.32 Å². The van der Waals surface area contributed by atoms with Gasteiger partial charge in [0.15, 0.2) is 11.6 Å². The zero-order valence-corrected chi connectivity index (χ0v) is 18.7. The molecule has 4 atom stereocenters. The van der Waals surface area contributed by atoms with Gasteiger partial charge in [-0.15, -0.1) is 0 Å². The van der Waals surface area contributed by atoms with Crippen LogP contribution in [0.5, 0.6) is 0 Å². The molecule has 35 heavy (non-hydrogen) atoms. The average molecular weight is 482 g/mol. The number of aliphatic hydroxyl groups is 1. The third-order valence-corrected chi connectivity index (χ3v) is 6.48. The summed E-state index contributed by atoms with van der Waals surface area (Å²) in [5.41, 5.74) is 1.51. The first-order chi connectivity index (χ1) is 16.9. The van der Waals surface area contributed by atoms with E-state index in [0.29, 0.717) is 11.5 Å². The van der Waals surface area contributed by atoms with Crippen LogP contribution >= 0.6 is 0 Å². The average Bonchev–Trinajstić information content (AvgIpc) is 3.41. The summed E-state index contributed by atoms with van der Waals surface area (Å²) in [5.74, 6) is -3.11. The Morgan fingerprint density at radius 3 is 2.51 bits per heavy atom. The molecule has 10 heteroatoms. The van der Waals surface area contributed by atoms with E-state index < -0.39 is 41.6 Å². The summed E-state index contributed by atoms with van der Waals surface area (Å²) >= 11 is 0. The van der Waals surface area contributed by atoms with Crippen LogP contribution in [0.1, 0.15) is 30.9 Å². The zero-order valence-electron chi connectivity index (χ0n) is 18.7. The molecule has 3 amide bonds. The van der Waals surface area contributed by atoms with E-state index in [-0.39, 0.29) is 24.1 Å². The zero-order chi connectivity index (χ0) is 24.5. The maximum absolute atomic E-state index is 13.5. The Morgan fingerprint density at radius 1 is 1.03 bits per heavy atom. The maximum Gasteiger partial charge on any atom is 0.319 e. The molecule has 0 radical (unpaired) electrons. The van der Waals surface area contributed by atoms with Gasteiger partial charge in [0.25, 0.3) is 0 Å². The Balaban J connectivity index is 1.37. The van der Waals surface area contributed by atoms with Gasteiger partial charge in [0.05, 0.1) is 12.0 Å². The highest BCUT2D eigenvalue weighted by Gasteiger charge is 2.48. The van der Waals surface area contributed by atoms with Gasteiger partial charge in [0.2, 0.25) is 5.91 Å². The summed E-state index contributed by atoms with van der Waals surface area (Å²) in [6.07, 6.45) is 2.56. The van der Waals surface area contributed by atoms with Crippen molar-refractivity contribution in [1.29, 1.82) is 0 Å². The second-order valence-corrected chi connectivity index (χ2v) is 9.03. The predicted octanol–water partition coefficient (Wildman–Crippen LogP) is 3.29. The molecular weight excluding hydrogens is 456 g/mol. The van der Waals surface area contributed by atoms with Crippen LogP contribution in [0.25, 0.3) is 11.4 Å². The fraction of sp³-hybridized carbons (Fsp3) is 0.320. The molecule has 0 bridgehead atoms. The first-order valence-corrected chi connectivity index (χ1v) is 11.5. The standard InChI is InChI=1S/C25H25F2N5O3/c26-17-9-8-15(10-18(17)27)30-25(35)32-19-11-16(24(34)29-14-6-7-14)22(33)21(19)20-12-28-23(31-20)13-4-2-1-3-5-13/h1-5,8-10,12,14,16,19,21-22,33H,6-7,11H2,(H,28,31)(H,29,34)(H2,30,32,35)/t16-,19+,21+,22+/m0/s1. The Kier molecular flexibility index (Phi) is 6.21. The number of nitrogens with one attached hydrogen (secondary N) is 4. The summed E-state index contributed by atoms with van der Waals surface area (Å²) in [5, 5.41) is 19.3. The van der Waals surface area contributed by atoms with Crippen LogP contribution in [0.4, 0.5) is 19.3 Å². The second-order valence-electron chi connectivity index (χ2n) is 9.03. The lowest BCUT2D eigenvalue weighted by atomic mass is 9.96. The highest BCUT2D eigenvalue weighted by Crippen LogP contribution is 2.39. The lowest BCUT2D eigenvalue weighted by molar-refractivity contribution is -0.127. The van der Waals surface area contributed by atoms with E-state index in [0.717, 1.165) is 30.5 Å². The van der Waals surface area contributed by atoms with Gasteiger partial charge in [0, 0.05) is 47.2 Å². The number of anilines is 1. The number of hydrogen-bond acceptors (Lipinski definition) is 4. The molecule has 2 aromatic carbocycles. The molecule has 5 rings (SSSR count). The SMILES string of the molecule is O=C(Nc1ccc(F)c(F)c1)N[C@@H]1C[C@H](C(=O)NC2CC2)[C@@H](O)[C@H]1c1cnc(-c2ccccc2)[nH]1. The summed E-state index contributed by atoms with van der Waals surface area (Å²) in [4.78, 5) is 33.1. The van der Waals surface area contributed by atoms with Gasteiger partial charge >= 0.3 is 6.03 Å². The fourth-order valence-corrected chi connectivity index (χ4v) is 4.55. The number of carbonyl (C=O) groups is 2. The molecule has 5 N–H and O–H groups in total. The minimum atomic E-state index is -1.08. The van der Waals surface area contributed by atoms with E-state index in [9.17, 15) is 23.5 Å². The van der Waals surface area contributed by atoms with Crippen LogP contribution in [0, 0.1) is 17.6 Å². The molecule has 2 aliphatic rings. The van der Waals surface area contributed by atoms with Crippen LogP contribution in [-0.4, -0.2) is 45.2 Å². The summed E-state index contributed by atoms with van der Waals surface area (Å²) in [6, 6.07) is 11.3. The number of amides is 3. The Bertz CT molecular complexity index is 1230. The number of nitrogens with zero attached hydrogens (tertiary/aromatic N) is 1. The third-order valence-electron chi connectivity index (χ3n) is 6.48. The summed E-state index contributed by atoms with van der Waals surface area (Å²) < 4.78 is 26.7. The van der Waals surface area contributed by atoms with Crippen molar-refractivity contribution in [1.82, 2.24) is 20.6 Å². The van der Waals surface area contributed by atoms with Gasteiger partial charge in [-0.3, -0.25) is 4.79 Å². The van der Waals surface area contributed by atoms with Gasteiger partial charge < -0.3 is 26.0 Å². The van der Waals surface area contributed by atoms with Crippen molar-refractivity contribution in [3.63, 3.8) is 0 Å². The molecule has 182 valence electrons. The predicted molar refractivity (Wildman–Crippen MR) is 124 cm³/mol. The lowest BCUT2D eigenvalue weighted by Gasteiger charge is -2.22. The molecule has 2 aliphatic carbocycles. The molecular formula is C25H25F2N5O3. The normalized spacial score (nSPS) is 23.6. The Morgan fingerprint density at radius 2 is 1.80 bits per heavy atom. The van der Waals surface area contributed by atoms with Gasteiger partial charge in [0.1, 0.15) is 5.82 Å². The highest BCUT2D eigenvalue weighted by molar-refractivity contribution is 5.89. The Hall–Kier alpha value is -3.79. The minimum Gasteiger partial charge on any atom is -0.392 e. The number of urea groups is 1. The fourth-order valence-electron chi connectivity index (χ4n) is 4.55. The number of hydrogen-bond donors (Lipinski definition) is 5. The van der Waals surface area contributed by atoms with Crippen molar-refractivity contribution in [2.24, 2.45) is 5.92 Å². The van der Waals surface area contributed by atoms with Crippen molar-refractivity contribution in [3.8, 4) is 11.4 Å². The van der Waals surface area contributed by atoms with E-state index in [4.69, 9.17) is 0 Å². The van der Waals surface area contributed by atoms with Crippen LogP contribution < -0.4 is 16.0 Å². The van der Waals surface area contributed by atoms with Crippen molar-refractivity contribution in [2.45, 2.75) is 43.4 Å². The van der Waals surface area contributed by atoms with Crippen LogP contribution in [0.15, 0.2) is 54.7 Å². The molecule has 0 aliphatic heterocycles. The summed E-state index contributed by atoms with van der Waals surface area (Å²) in [6.45, 7) is 0. The number of carbonyl (C=O) groups excluding carboxylic acids is 2. The molecule has 1 aromatic heterocycles. The van der Waals surface area contributed by atoms with Gasteiger partial charge in [-0.25, -0.2) is 18.6 Å². The number of aliphatic hydroxyl groups excluding tert-OH is 1. The van der Waals surface area contributed by atoms with E-state index in [1.165, 1.54) is 6.07 Å². The number of halogens is 2. The van der Waals surface area contributed by atoms with Crippen LogP contribution in [0.2, 0.25) is 0 Å². The first-order valence-electron chi connectivity index (χ1n) is 11.5. The number of aromatic amines is 1. The van der Waals surface area contributed by atoms with E-state index in [1.807, 2.05) is 30.3 Å². The van der Waals surface area contributed by atoms with Crippen LogP contribution in [-0.2, 0) is 4.79 Å². The van der Waals surface area contributed by atoms with Crippen molar-refractivity contribution < 1.29 is 23.5 Å². The maximum atomic E-state index is 13.5. The molecule has 1 heterocycles. The largest absolute Gasteiger partial charge is 0.392 e. The minimum absolute atomic E-state index is 0.0763. The second kappa shape index (κ2) is 9.46. The number of aromatic nitrogens is 2. The molecule has 3 aromatic rings.